The zero-order valence-electron chi connectivity index (χ0n) is 10.1. The molecule has 0 spiro atoms. The van der Waals surface area contributed by atoms with E-state index in [2.05, 4.69) is 39.8 Å². The molecule has 17 heavy (non-hydrogen) atoms. The van der Waals surface area contributed by atoms with Crippen molar-refractivity contribution >= 4 is 5.95 Å². The molecule has 0 amide bonds. The van der Waals surface area contributed by atoms with E-state index in [1.54, 1.807) is 0 Å². The van der Waals surface area contributed by atoms with E-state index in [0.717, 1.165) is 23.8 Å². The maximum absolute atomic E-state index is 5.52. The number of benzene rings is 1. The fourth-order valence-electron chi connectivity index (χ4n) is 1.79. The lowest BCUT2D eigenvalue weighted by molar-refractivity contribution is 0.924. The first-order chi connectivity index (χ1) is 8.26. The van der Waals surface area contributed by atoms with Crippen LogP contribution in [0.2, 0.25) is 0 Å². The first kappa shape index (κ1) is 11.6. The van der Waals surface area contributed by atoms with Gasteiger partial charge in [0.1, 0.15) is 0 Å². The van der Waals surface area contributed by atoms with Gasteiger partial charge in [0.15, 0.2) is 5.82 Å². The highest BCUT2D eigenvalue weighted by Crippen LogP contribution is 2.19. The van der Waals surface area contributed by atoms with Gasteiger partial charge in [-0.05, 0) is 18.5 Å². The summed E-state index contributed by atoms with van der Waals surface area (Å²) < 4.78 is 1.93. The summed E-state index contributed by atoms with van der Waals surface area (Å²) in [7, 11) is 3.77. The summed E-state index contributed by atoms with van der Waals surface area (Å²) in [5.41, 5.74) is 7.82. The third-order valence-electron chi connectivity index (χ3n) is 2.74. The van der Waals surface area contributed by atoms with E-state index in [9.17, 15) is 0 Å². The molecule has 0 aliphatic rings. The van der Waals surface area contributed by atoms with Gasteiger partial charge in [0.25, 0.3) is 0 Å². The minimum Gasteiger partial charge on any atom is -0.357 e. The van der Waals surface area contributed by atoms with Crippen molar-refractivity contribution in [3.05, 3.63) is 29.8 Å². The van der Waals surface area contributed by atoms with Crippen LogP contribution in [0.15, 0.2) is 24.3 Å². The summed E-state index contributed by atoms with van der Waals surface area (Å²) in [6, 6.07) is 8.26. The van der Waals surface area contributed by atoms with E-state index in [1.165, 1.54) is 5.56 Å². The van der Waals surface area contributed by atoms with Crippen molar-refractivity contribution in [2.75, 3.05) is 18.9 Å². The molecule has 0 aliphatic carbocycles. The minimum atomic E-state index is 0.674. The topological polar surface area (TPSA) is 68.8 Å². The van der Waals surface area contributed by atoms with E-state index in [4.69, 9.17) is 5.73 Å². The quantitative estimate of drug-likeness (QED) is 0.824. The molecule has 1 aromatic carbocycles. The lowest BCUT2D eigenvalue weighted by atomic mass is 10.1. The van der Waals surface area contributed by atoms with Crippen molar-refractivity contribution < 1.29 is 0 Å². The maximum Gasteiger partial charge on any atom is 0.224 e. The van der Waals surface area contributed by atoms with Crippen LogP contribution in [0.3, 0.4) is 0 Å². The number of nitrogens with zero attached hydrogens (tertiary/aromatic N) is 3. The number of anilines is 1. The highest BCUT2D eigenvalue weighted by molar-refractivity contribution is 5.57. The molecule has 0 radical (unpaired) electrons. The van der Waals surface area contributed by atoms with Crippen molar-refractivity contribution in [3.63, 3.8) is 0 Å². The van der Waals surface area contributed by atoms with Crippen LogP contribution < -0.4 is 11.1 Å². The molecule has 5 nitrogen and oxygen atoms in total. The van der Waals surface area contributed by atoms with Crippen LogP contribution in [-0.4, -0.2) is 28.4 Å². The summed E-state index contributed by atoms with van der Waals surface area (Å²) in [6.07, 6.45) is 0.904. The Bertz CT molecular complexity index is 486. The second kappa shape index (κ2) is 4.97. The Morgan fingerprint density at radius 1 is 1.24 bits per heavy atom. The van der Waals surface area contributed by atoms with Crippen LogP contribution in [0.1, 0.15) is 5.56 Å². The van der Waals surface area contributed by atoms with E-state index in [0.29, 0.717) is 6.54 Å². The van der Waals surface area contributed by atoms with Gasteiger partial charge in [0.2, 0.25) is 5.95 Å². The van der Waals surface area contributed by atoms with Gasteiger partial charge < -0.3 is 11.1 Å². The monoisotopic (exact) mass is 231 g/mol. The summed E-state index contributed by atoms with van der Waals surface area (Å²) in [6.45, 7) is 0.674. The SMILES string of the molecule is CNc1nnc(-c2ccc(CCN)cc2)n1C. The van der Waals surface area contributed by atoms with Crippen molar-refractivity contribution in [1.82, 2.24) is 14.8 Å². The molecule has 1 heterocycles. The molecule has 0 atom stereocenters. The second-order valence-electron chi connectivity index (χ2n) is 3.89. The normalized spacial score (nSPS) is 10.5. The predicted molar refractivity (Wildman–Crippen MR) is 68.7 cm³/mol. The van der Waals surface area contributed by atoms with Crippen molar-refractivity contribution in [1.29, 1.82) is 0 Å². The van der Waals surface area contributed by atoms with Gasteiger partial charge in [0.05, 0.1) is 0 Å². The number of aromatic nitrogens is 3. The van der Waals surface area contributed by atoms with Gasteiger partial charge in [0, 0.05) is 19.7 Å². The van der Waals surface area contributed by atoms with Crippen LogP contribution >= 0.6 is 0 Å². The highest BCUT2D eigenvalue weighted by atomic mass is 15.3. The van der Waals surface area contributed by atoms with E-state index in [-0.39, 0.29) is 0 Å². The largest absolute Gasteiger partial charge is 0.357 e. The molecule has 1 aromatic heterocycles. The Morgan fingerprint density at radius 3 is 2.47 bits per heavy atom. The zero-order valence-corrected chi connectivity index (χ0v) is 10.1. The molecule has 5 heteroatoms. The Kier molecular flexibility index (Phi) is 3.39. The van der Waals surface area contributed by atoms with Gasteiger partial charge in [-0.1, -0.05) is 24.3 Å². The Hall–Kier alpha value is -1.88. The Balaban J connectivity index is 2.30. The highest BCUT2D eigenvalue weighted by Gasteiger charge is 2.08. The molecule has 0 aliphatic heterocycles. The molecule has 0 saturated heterocycles. The van der Waals surface area contributed by atoms with E-state index < -0.39 is 0 Å². The molecule has 2 aromatic rings. The number of hydrogen-bond acceptors (Lipinski definition) is 4. The number of rotatable bonds is 4. The molecular weight excluding hydrogens is 214 g/mol. The molecule has 3 N–H and O–H groups in total. The fourth-order valence-corrected chi connectivity index (χ4v) is 1.79. The number of hydrogen-bond donors (Lipinski definition) is 2. The molecule has 2 rings (SSSR count). The summed E-state index contributed by atoms with van der Waals surface area (Å²) >= 11 is 0. The predicted octanol–water partition coefficient (Wildman–Crippen LogP) is 1.02. The van der Waals surface area contributed by atoms with Crippen LogP contribution in [0.4, 0.5) is 5.95 Å². The molecule has 0 fully saturated rings. The first-order valence-corrected chi connectivity index (χ1v) is 5.62. The zero-order chi connectivity index (χ0) is 12.3. The standard InChI is InChI=1S/C12H17N5/c1-14-12-16-15-11(17(12)2)10-5-3-9(4-6-10)7-8-13/h3-6H,7-8,13H2,1-2H3,(H,14,16). The molecular formula is C12H17N5. The van der Waals surface area contributed by atoms with Gasteiger partial charge in [-0.15, -0.1) is 10.2 Å². The van der Waals surface area contributed by atoms with Crippen molar-refractivity contribution in [3.8, 4) is 11.4 Å². The van der Waals surface area contributed by atoms with Crippen LogP contribution in [0.5, 0.6) is 0 Å². The smallest absolute Gasteiger partial charge is 0.224 e. The van der Waals surface area contributed by atoms with E-state index >= 15 is 0 Å². The lowest BCUT2D eigenvalue weighted by Crippen LogP contribution is -2.02. The number of nitrogens with one attached hydrogen (secondary N) is 1. The average Bonchev–Trinajstić information content (AvgIpc) is 2.72. The second-order valence-corrected chi connectivity index (χ2v) is 3.89. The first-order valence-electron chi connectivity index (χ1n) is 5.62. The Morgan fingerprint density at radius 2 is 1.94 bits per heavy atom. The summed E-state index contributed by atoms with van der Waals surface area (Å²) in [5.74, 6) is 1.61. The third-order valence-corrected chi connectivity index (χ3v) is 2.74. The van der Waals surface area contributed by atoms with Crippen LogP contribution in [0, 0.1) is 0 Å². The number of nitrogens with two attached hydrogens (primary N) is 1. The summed E-state index contributed by atoms with van der Waals surface area (Å²) in [4.78, 5) is 0. The molecule has 0 bridgehead atoms. The van der Waals surface area contributed by atoms with Gasteiger partial charge in [-0.2, -0.15) is 0 Å². The molecule has 0 saturated carbocycles. The average molecular weight is 231 g/mol. The Labute approximate surface area is 101 Å². The van der Waals surface area contributed by atoms with Gasteiger partial charge in [-0.25, -0.2) is 0 Å². The van der Waals surface area contributed by atoms with Gasteiger partial charge in [-0.3, -0.25) is 4.57 Å². The van der Waals surface area contributed by atoms with Crippen molar-refractivity contribution in [2.45, 2.75) is 6.42 Å². The summed E-state index contributed by atoms with van der Waals surface area (Å²) in [5, 5.41) is 11.2. The van der Waals surface area contributed by atoms with Gasteiger partial charge >= 0.3 is 0 Å². The third kappa shape index (κ3) is 2.29. The van der Waals surface area contributed by atoms with Crippen LogP contribution in [-0.2, 0) is 13.5 Å². The molecule has 90 valence electrons. The lowest BCUT2D eigenvalue weighted by Gasteiger charge is -2.04. The van der Waals surface area contributed by atoms with E-state index in [1.807, 2.05) is 18.7 Å². The molecule has 0 unspecified atom stereocenters. The van der Waals surface area contributed by atoms with Crippen LogP contribution in [0.25, 0.3) is 11.4 Å². The fraction of sp³-hybridized carbons (Fsp3) is 0.333. The minimum absolute atomic E-state index is 0.674. The van der Waals surface area contributed by atoms with Crippen molar-refractivity contribution in [2.24, 2.45) is 12.8 Å². The maximum atomic E-state index is 5.52.